The van der Waals surface area contributed by atoms with Gasteiger partial charge in [-0.3, -0.25) is 0 Å². The van der Waals surface area contributed by atoms with Crippen LogP contribution in [0.4, 0.5) is 5.82 Å². The summed E-state index contributed by atoms with van der Waals surface area (Å²) in [6, 6.07) is 2.02. The largest absolute Gasteiger partial charge is 0.355 e. The van der Waals surface area contributed by atoms with E-state index in [1.807, 2.05) is 13.0 Å². The molecule has 1 fully saturated rings. The van der Waals surface area contributed by atoms with Crippen LogP contribution in [0.1, 0.15) is 12.1 Å². The highest BCUT2D eigenvalue weighted by molar-refractivity contribution is 6.21. The number of halogens is 1. The molecular formula is C10H12ClN5. The lowest BCUT2D eigenvalue weighted by atomic mass is 10.4. The Balaban J connectivity index is 2.11. The number of hydrogen-bond donors (Lipinski definition) is 0. The summed E-state index contributed by atoms with van der Waals surface area (Å²) in [5.74, 6) is 1.68. The van der Waals surface area contributed by atoms with Crippen LogP contribution in [0.5, 0.6) is 0 Å². The van der Waals surface area contributed by atoms with Crippen LogP contribution in [0.15, 0.2) is 12.4 Å². The van der Waals surface area contributed by atoms with E-state index in [2.05, 4.69) is 20.0 Å². The van der Waals surface area contributed by atoms with E-state index >= 15 is 0 Å². The van der Waals surface area contributed by atoms with E-state index in [0.29, 0.717) is 5.78 Å². The van der Waals surface area contributed by atoms with Crippen LogP contribution in [-0.2, 0) is 0 Å². The van der Waals surface area contributed by atoms with Crippen molar-refractivity contribution in [2.45, 2.75) is 18.7 Å². The van der Waals surface area contributed by atoms with Gasteiger partial charge in [0.2, 0.25) is 0 Å². The zero-order valence-corrected chi connectivity index (χ0v) is 9.72. The predicted molar refractivity (Wildman–Crippen MR) is 62.0 cm³/mol. The van der Waals surface area contributed by atoms with E-state index in [0.717, 1.165) is 31.0 Å². The number of aromatic nitrogens is 4. The Morgan fingerprint density at radius 2 is 2.38 bits per heavy atom. The third kappa shape index (κ3) is 1.51. The fourth-order valence-electron chi connectivity index (χ4n) is 2.06. The molecule has 1 aliphatic heterocycles. The second-order valence-corrected chi connectivity index (χ2v) is 4.68. The highest BCUT2D eigenvalue weighted by Gasteiger charge is 2.23. The minimum atomic E-state index is 0.229. The molecule has 1 unspecified atom stereocenters. The first-order chi connectivity index (χ1) is 7.74. The van der Waals surface area contributed by atoms with Gasteiger partial charge in [0.1, 0.15) is 12.1 Å². The normalized spacial score (nSPS) is 20.9. The number of nitrogens with zero attached hydrogens (tertiary/aromatic N) is 5. The minimum absolute atomic E-state index is 0.229. The summed E-state index contributed by atoms with van der Waals surface area (Å²) in [7, 11) is 0. The van der Waals surface area contributed by atoms with Crippen molar-refractivity contribution >= 4 is 23.2 Å². The van der Waals surface area contributed by atoms with E-state index in [1.165, 1.54) is 6.33 Å². The molecule has 0 saturated carbocycles. The van der Waals surface area contributed by atoms with Gasteiger partial charge in [0.25, 0.3) is 5.78 Å². The van der Waals surface area contributed by atoms with Gasteiger partial charge in [-0.15, -0.1) is 11.6 Å². The summed E-state index contributed by atoms with van der Waals surface area (Å²) in [5, 5.41) is 4.42. The fraction of sp³-hybridized carbons (Fsp3) is 0.500. The predicted octanol–water partition coefficient (Wildman–Crippen LogP) is 1.25. The third-order valence-corrected chi connectivity index (χ3v) is 3.17. The van der Waals surface area contributed by atoms with Gasteiger partial charge < -0.3 is 4.90 Å². The number of anilines is 1. The number of hydrogen-bond acceptors (Lipinski definition) is 4. The second-order valence-electron chi connectivity index (χ2n) is 4.06. The maximum Gasteiger partial charge on any atom is 0.254 e. The van der Waals surface area contributed by atoms with E-state index in [1.54, 1.807) is 4.52 Å². The molecule has 0 amide bonds. The number of fused-ring (bicyclic) bond motifs is 1. The Bertz CT molecular complexity index is 523. The summed E-state index contributed by atoms with van der Waals surface area (Å²) in [6.45, 7) is 3.79. The molecule has 0 bridgehead atoms. The molecule has 2 aromatic rings. The molecule has 2 aromatic heterocycles. The summed E-state index contributed by atoms with van der Waals surface area (Å²) >= 11 is 6.12. The average molecular weight is 238 g/mol. The Kier molecular flexibility index (Phi) is 2.21. The van der Waals surface area contributed by atoms with Crippen molar-refractivity contribution in [3.63, 3.8) is 0 Å². The van der Waals surface area contributed by atoms with Crippen molar-refractivity contribution < 1.29 is 0 Å². The molecule has 84 valence electrons. The van der Waals surface area contributed by atoms with Crippen LogP contribution < -0.4 is 4.90 Å². The van der Waals surface area contributed by atoms with Crippen molar-refractivity contribution in [2.24, 2.45) is 0 Å². The number of aryl methyl sites for hydroxylation is 1. The molecule has 6 heteroatoms. The summed E-state index contributed by atoms with van der Waals surface area (Å²) in [5.41, 5.74) is 0.952. The summed E-state index contributed by atoms with van der Waals surface area (Å²) in [6.07, 6.45) is 2.54. The Hall–Kier alpha value is -1.36. The molecule has 0 radical (unpaired) electrons. The smallest absolute Gasteiger partial charge is 0.254 e. The monoisotopic (exact) mass is 237 g/mol. The van der Waals surface area contributed by atoms with Crippen LogP contribution in [0.3, 0.4) is 0 Å². The van der Waals surface area contributed by atoms with Crippen molar-refractivity contribution in [1.82, 2.24) is 19.6 Å². The summed E-state index contributed by atoms with van der Waals surface area (Å²) < 4.78 is 1.77. The van der Waals surface area contributed by atoms with Gasteiger partial charge in [0.15, 0.2) is 0 Å². The lowest BCUT2D eigenvalue weighted by Gasteiger charge is -2.18. The molecule has 16 heavy (non-hydrogen) atoms. The topological polar surface area (TPSA) is 46.3 Å². The zero-order valence-electron chi connectivity index (χ0n) is 8.97. The first-order valence-corrected chi connectivity index (χ1v) is 5.74. The Morgan fingerprint density at radius 3 is 3.12 bits per heavy atom. The van der Waals surface area contributed by atoms with Crippen LogP contribution >= 0.6 is 11.6 Å². The third-order valence-electron chi connectivity index (χ3n) is 2.82. The van der Waals surface area contributed by atoms with Gasteiger partial charge in [-0.25, -0.2) is 4.98 Å². The number of alkyl halides is 1. The van der Waals surface area contributed by atoms with E-state index in [4.69, 9.17) is 11.6 Å². The van der Waals surface area contributed by atoms with Crippen molar-refractivity contribution in [1.29, 1.82) is 0 Å². The standard InChI is InChI=1S/C10H12ClN5/c1-7-4-9(15-3-2-8(11)5-15)16-10(14-7)12-6-13-16/h4,6,8H,2-3,5H2,1H3. The van der Waals surface area contributed by atoms with Gasteiger partial charge in [0, 0.05) is 24.8 Å². The molecule has 1 saturated heterocycles. The molecule has 5 nitrogen and oxygen atoms in total. The van der Waals surface area contributed by atoms with Crippen molar-refractivity contribution in [2.75, 3.05) is 18.0 Å². The van der Waals surface area contributed by atoms with Crippen molar-refractivity contribution in [3.05, 3.63) is 18.1 Å². The number of rotatable bonds is 1. The van der Waals surface area contributed by atoms with Gasteiger partial charge in [-0.2, -0.15) is 14.6 Å². The van der Waals surface area contributed by atoms with E-state index in [9.17, 15) is 0 Å². The lowest BCUT2D eigenvalue weighted by Crippen LogP contribution is -2.23. The SMILES string of the molecule is Cc1cc(N2CCC(Cl)C2)n2ncnc2n1. The zero-order chi connectivity index (χ0) is 11.1. The van der Waals surface area contributed by atoms with Crippen LogP contribution in [0, 0.1) is 6.92 Å². The molecule has 0 aliphatic carbocycles. The van der Waals surface area contributed by atoms with E-state index in [-0.39, 0.29) is 5.38 Å². The van der Waals surface area contributed by atoms with Crippen molar-refractivity contribution in [3.8, 4) is 0 Å². The molecule has 1 atom stereocenters. The van der Waals surface area contributed by atoms with Crippen LogP contribution in [0.2, 0.25) is 0 Å². The second kappa shape index (κ2) is 3.59. The van der Waals surface area contributed by atoms with Crippen LogP contribution in [0.25, 0.3) is 5.78 Å². The Labute approximate surface area is 98.1 Å². The maximum absolute atomic E-state index is 6.12. The molecule has 0 N–H and O–H groups in total. The maximum atomic E-state index is 6.12. The van der Waals surface area contributed by atoms with Gasteiger partial charge in [-0.1, -0.05) is 0 Å². The fourth-order valence-corrected chi connectivity index (χ4v) is 2.33. The first-order valence-electron chi connectivity index (χ1n) is 5.30. The highest BCUT2D eigenvalue weighted by atomic mass is 35.5. The molecule has 3 rings (SSSR count). The molecule has 0 aromatic carbocycles. The summed E-state index contributed by atoms with van der Waals surface area (Å²) in [4.78, 5) is 10.7. The molecule has 0 spiro atoms. The van der Waals surface area contributed by atoms with Gasteiger partial charge in [0.05, 0.1) is 5.38 Å². The van der Waals surface area contributed by atoms with Gasteiger partial charge in [-0.05, 0) is 13.3 Å². The highest BCUT2D eigenvalue weighted by Crippen LogP contribution is 2.23. The molecule has 1 aliphatic rings. The quantitative estimate of drug-likeness (QED) is 0.701. The minimum Gasteiger partial charge on any atom is -0.355 e. The molecular weight excluding hydrogens is 226 g/mol. The van der Waals surface area contributed by atoms with E-state index < -0.39 is 0 Å². The van der Waals surface area contributed by atoms with Crippen LogP contribution in [-0.4, -0.2) is 38.0 Å². The lowest BCUT2D eigenvalue weighted by molar-refractivity contribution is 0.845. The first kappa shape index (κ1) is 9.84. The average Bonchev–Trinajstić information content (AvgIpc) is 2.84. The Morgan fingerprint density at radius 1 is 1.50 bits per heavy atom. The van der Waals surface area contributed by atoms with Gasteiger partial charge >= 0.3 is 0 Å². The molecule has 3 heterocycles.